The van der Waals surface area contributed by atoms with Gasteiger partial charge in [0.05, 0.1) is 19.8 Å². The van der Waals surface area contributed by atoms with Crippen molar-refractivity contribution in [2.75, 3.05) is 24.9 Å². The Labute approximate surface area is 203 Å². The van der Waals surface area contributed by atoms with E-state index in [2.05, 4.69) is 10.6 Å². The van der Waals surface area contributed by atoms with Gasteiger partial charge in [-0.05, 0) is 37.3 Å². The van der Waals surface area contributed by atoms with Crippen molar-refractivity contribution in [3.8, 4) is 22.9 Å². The second kappa shape index (κ2) is 9.34. The number of ether oxygens (including phenoxy) is 2. The van der Waals surface area contributed by atoms with E-state index in [4.69, 9.17) is 19.6 Å². The lowest BCUT2D eigenvalue weighted by Crippen LogP contribution is -2.31. The predicted octanol–water partition coefficient (Wildman–Crippen LogP) is 4.89. The van der Waals surface area contributed by atoms with Gasteiger partial charge in [-0.1, -0.05) is 48.5 Å². The minimum Gasteiger partial charge on any atom is -0.497 e. The molecule has 35 heavy (non-hydrogen) atoms. The van der Waals surface area contributed by atoms with Crippen LogP contribution in [0, 0.1) is 0 Å². The molecule has 0 unspecified atom stereocenters. The summed E-state index contributed by atoms with van der Waals surface area (Å²) in [6, 6.07) is 24.0. The van der Waals surface area contributed by atoms with Crippen LogP contribution in [0.15, 0.2) is 90.1 Å². The maximum absolute atomic E-state index is 13.7. The fourth-order valence-electron chi connectivity index (χ4n) is 4.22. The Morgan fingerprint density at radius 2 is 1.69 bits per heavy atom. The lowest BCUT2D eigenvalue weighted by Gasteiger charge is -2.29. The molecule has 1 aliphatic heterocycles. The van der Waals surface area contributed by atoms with Crippen LogP contribution in [0.2, 0.25) is 0 Å². The molecule has 1 aromatic heterocycles. The number of para-hydroxylation sites is 1. The summed E-state index contributed by atoms with van der Waals surface area (Å²) in [5.74, 6) is 2.09. The number of nitrogens with zero attached hydrogens (tertiary/aromatic N) is 3. The standard InChI is InChI=1S/C27H25N5O3/c1-17-23(26(33)29-19-12-8-5-9-13-19)24(21-16-20(34-2)14-15-22(21)35-3)32-27(28-17)30-25(31-32)18-10-6-4-7-11-18/h4-16,24H,1-3H3,(H,29,33)(H,28,30,31)/t24-/m0/s1. The minimum absolute atomic E-state index is 0.251. The van der Waals surface area contributed by atoms with E-state index in [0.717, 1.165) is 11.1 Å². The van der Waals surface area contributed by atoms with E-state index in [-0.39, 0.29) is 5.91 Å². The minimum atomic E-state index is -0.607. The van der Waals surface area contributed by atoms with Gasteiger partial charge in [-0.15, -0.1) is 5.10 Å². The first-order valence-electron chi connectivity index (χ1n) is 11.2. The fourth-order valence-corrected chi connectivity index (χ4v) is 4.22. The van der Waals surface area contributed by atoms with Crippen LogP contribution >= 0.6 is 0 Å². The lowest BCUT2D eigenvalue weighted by molar-refractivity contribution is -0.113. The Balaban J connectivity index is 1.67. The molecule has 8 nitrogen and oxygen atoms in total. The molecule has 4 aromatic rings. The van der Waals surface area contributed by atoms with Crippen molar-refractivity contribution in [1.29, 1.82) is 0 Å². The van der Waals surface area contributed by atoms with Gasteiger partial charge in [0.2, 0.25) is 5.95 Å². The molecule has 0 aliphatic carbocycles. The van der Waals surface area contributed by atoms with Gasteiger partial charge >= 0.3 is 0 Å². The number of rotatable bonds is 6. The second-order valence-electron chi connectivity index (χ2n) is 8.06. The van der Waals surface area contributed by atoms with Crippen molar-refractivity contribution in [3.63, 3.8) is 0 Å². The summed E-state index contributed by atoms with van der Waals surface area (Å²) in [6.45, 7) is 1.86. The molecular formula is C27H25N5O3. The molecule has 1 aliphatic rings. The van der Waals surface area contributed by atoms with Crippen LogP contribution in [-0.4, -0.2) is 34.9 Å². The molecule has 8 heteroatoms. The summed E-state index contributed by atoms with van der Waals surface area (Å²) in [7, 11) is 3.21. The second-order valence-corrected chi connectivity index (χ2v) is 8.06. The van der Waals surface area contributed by atoms with E-state index in [9.17, 15) is 4.79 Å². The van der Waals surface area contributed by atoms with Crippen molar-refractivity contribution in [3.05, 3.63) is 95.7 Å². The molecule has 0 radical (unpaired) electrons. The van der Waals surface area contributed by atoms with Gasteiger partial charge in [0.15, 0.2) is 5.82 Å². The summed E-state index contributed by atoms with van der Waals surface area (Å²) in [4.78, 5) is 18.4. The highest BCUT2D eigenvalue weighted by atomic mass is 16.5. The van der Waals surface area contributed by atoms with E-state index < -0.39 is 6.04 Å². The van der Waals surface area contributed by atoms with E-state index in [1.807, 2.05) is 85.8 Å². The third-order valence-corrected chi connectivity index (χ3v) is 5.89. The lowest BCUT2D eigenvalue weighted by atomic mass is 9.94. The van der Waals surface area contributed by atoms with Gasteiger partial charge in [0, 0.05) is 22.5 Å². The third-order valence-electron chi connectivity index (χ3n) is 5.89. The summed E-state index contributed by atoms with van der Waals surface area (Å²) in [5.41, 5.74) is 3.48. The Morgan fingerprint density at radius 3 is 2.37 bits per heavy atom. The fraction of sp³-hybridized carbons (Fsp3) is 0.148. The number of anilines is 2. The first kappa shape index (κ1) is 22.2. The maximum Gasteiger partial charge on any atom is 0.255 e. The van der Waals surface area contributed by atoms with Crippen molar-refractivity contribution in [2.24, 2.45) is 0 Å². The molecule has 0 spiro atoms. The summed E-state index contributed by atoms with van der Waals surface area (Å²) >= 11 is 0. The summed E-state index contributed by atoms with van der Waals surface area (Å²) in [6.07, 6.45) is 0. The number of methoxy groups -OCH3 is 2. The van der Waals surface area contributed by atoms with Gasteiger partial charge in [0.25, 0.3) is 5.91 Å². The van der Waals surface area contributed by atoms with Crippen molar-refractivity contribution >= 4 is 17.5 Å². The molecule has 5 rings (SSSR count). The zero-order chi connectivity index (χ0) is 24.4. The number of hydrogen-bond donors (Lipinski definition) is 2. The number of aromatic nitrogens is 3. The van der Waals surface area contributed by atoms with Gasteiger partial charge in [-0.2, -0.15) is 4.98 Å². The molecule has 1 atom stereocenters. The molecule has 3 aromatic carbocycles. The highest BCUT2D eigenvalue weighted by Crippen LogP contribution is 2.41. The number of benzene rings is 3. The van der Waals surface area contributed by atoms with Crippen LogP contribution in [0.5, 0.6) is 11.5 Å². The van der Waals surface area contributed by atoms with E-state index in [0.29, 0.717) is 40.2 Å². The average molecular weight is 468 g/mol. The molecule has 0 saturated heterocycles. The van der Waals surface area contributed by atoms with E-state index in [1.54, 1.807) is 18.9 Å². The Bertz CT molecular complexity index is 1400. The highest BCUT2D eigenvalue weighted by Gasteiger charge is 2.36. The first-order chi connectivity index (χ1) is 17.1. The summed E-state index contributed by atoms with van der Waals surface area (Å²) in [5, 5.41) is 11.1. The zero-order valence-electron chi connectivity index (χ0n) is 19.6. The average Bonchev–Trinajstić information content (AvgIpc) is 3.32. The SMILES string of the molecule is COc1ccc(OC)c([C@H]2C(C(=O)Nc3ccccc3)=C(C)Nc3nc(-c4ccccc4)nn32)c1. The smallest absolute Gasteiger partial charge is 0.255 e. The van der Waals surface area contributed by atoms with Gasteiger partial charge < -0.3 is 20.1 Å². The van der Waals surface area contributed by atoms with Crippen LogP contribution in [0.25, 0.3) is 11.4 Å². The maximum atomic E-state index is 13.7. The first-order valence-corrected chi connectivity index (χ1v) is 11.2. The van der Waals surface area contributed by atoms with Crippen LogP contribution in [0.4, 0.5) is 11.6 Å². The van der Waals surface area contributed by atoms with Crippen LogP contribution < -0.4 is 20.1 Å². The molecule has 1 amide bonds. The van der Waals surface area contributed by atoms with Crippen molar-refractivity contribution in [1.82, 2.24) is 14.8 Å². The normalized spacial score (nSPS) is 14.7. The number of hydrogen-bond acceptors (Lipinski definition) is 6. The number of nitrogens with one attached hydrogen (secondary N) is 2. The van der Waals surface area contributed by atoms with Gasteiger partial charge in [-0.3, -0.25) is 4.79 Å². The number of allylic oxidation sites excluding steroid dienone is 1. The predicted molar refractivity (Wildman–Crippen MR) is 135 cm³/mol. The Hall–Kier alpha value is -4.59. The topological polar surface area (TPSA) is 90.3 Å². The number of carbonyl (C=O) groups excluding carboxylic acids is 1. The van der Waals surface area contributed by atoms with Crippen molar-refractivity contribution < 1.29 is 14.3 Å². The number of amides is 1. The quantitative estimate of drug-likeness (QED) is 0.420. The molecule has 2 heterocycles. The van der Waals surface area contributed by atoms with Crippen LogP contribution in [0.1, 0.15) is 18.5 Å². The van der Waals surface area contributed by atoms with E-state index >= 15 is 0 Å². The Morgan fingerprint density at radius 1 is 0.971 bits per heavy atom. The van der Waals surface area contributed by atoms with Crippen LogP contribution in [-0.2, 0) is 4.79 Å². The molecule has 176 valence electrons. The molecule has 0 bridgehead atoms. The molecular weight excluding hydrogens is 442 g/mol. The number of carbonyl (C=O) groups is 1. The molecule has 2 N–H and O–H groups in total. The highest BCUT2D eigenvalue weighted by molar-refractivity contribution is 6.06. The monoisotopic (exact) mass is 467 g/mol. The van der Waals surface area contributed by atoms with Gasteiger partial charge in [0.1, 0.15) is 17.5 Å². The zero-order valence-corrected chi connectivity index (χ0v) is 19.6. The molecule has 0 fully saturated rings. The Kier molecular flexibility index (Phi) is 5.93. The largest absolute Gasteiger partial charge is 0.497 e. The van der Waals surface area contributed by atoms with Gasteiger partial charge in [-0.25, -0.2) is 4.68 Å². The third kappa shape index (κ3) is 4.21. The summed E-state index contributed by atoms with van der Waals surface area (Å²) < 4.78 is 12.9. The molecule has 0 saturated carbocycles. The van der Waals surface area contributed by atoms with E-state index in [1.165, 1.54) is 0 Å². The van der Waals surface area contributed by atoms with Crippen molar-refractivity contribution in [2.45, 2.75) is 13.0 Å². The number of fused-ring (bicyclic) bond motifs is 1. The van der Waals surface area contributed by atoms with Crippen LogP contribution in [0.3, 0.4) is 0 Å².